The predicted octanol–water partition coefficient (Wildman–Crippen LogP) is 5.32. The van der Waals surface area contributed by atoms with Crippen molar-refractivity contribution in [2.45, 2.75) is 0 Å². The van der Waals surface area contributed by atoms with Gasteiger partial charge in [0, 0.05) is 5.02 Å². The molecule has 0 saturated heterocycles. The second kappa shape index (κ2) is 7.00. The first-order valence-electron chi connectivity index (χ1n) is 6.55. The first kappa shape index (κ1) is 15.8. The predicted molar refractivity (Wildman–Crippen MR) is 94.3 cm³/mol. The number of halogens is 3. The molecule has 116 valence electrons. The number of nitrogens with zero attached hydrogens (tertiary/aromatic N) is 3. The molecule has 2 aromatic carbocycles. The normalized spacial score (nSPS) is 10.4. The Bertz CT molecular complexity index is 841. The number of anilines is 4. The summed E-state index contributed by atoms with van der Waals surface area (Å²) in [6, 6.07) is 12.4. The molecule has 0 saturated carbocycles. The van der Waals surface area contributed by atoms with E-state index in [0.29, 0.717) is 26.6 Å². The van der Waals surface area contributed by atoms with Gasteiger partial charge in [0.05, 0.1) is 27.6 Å². The molecule has 1 heterocycles. The van der Waals surface area contributed by atoms with Crippen molar-refractivity contribution in [2.75, 3.05) is 10.6 Å². The van der Waals surface area contributed by atoms with E-state index in [9.17, 15) is 0 Å². The summed E-state index contributed by atoms with van der Waals surface area (Å²) in [6.07, 6.45) is 1.49. The Labute approximate surface area is 147 Å². The molecule has 0 aliphatic carbocycles. The maximum atomic E-state index is 6.11. The molecule has 0 fully saturated rings. The Kier molecular flexibility index (Phi) is 4.81. The number of hydrogen-bond donors (Lipinski definition) is 2. The van der Waals surface area contributed by atoms with E-state index in [1.807, 2.05) is 18.2 Å². The maximum absolute atomic E-state index is 6.11. The van der Waals surface area contributed by atoms with Crippen LogP contribution in [0, 0.1) is 0 Å². The van der Waals surface area contributed by atoms with Crippen LogP contribution >= 0.6 is 34.8 Å². The number of hydrogen-bond acceptors (Lipinski definition) is 5. The summed E-state index contributed by atoms with van der Waals surface area (Å²) >= 11 is 18.2. The van der Waals surface area contributed by atoms with E-state index in [1.165, 1.54) is 6.20 Å². The van der Waals surface area contributed by atoms with Gasteiger partial charge in [-0.05, 0) is 30.3 Å². The summed E-state index contributed by atoms with van der Waals surface area (Å²) in [6.45, 7) is 0. The van der Waals surface area contributed by atoms with Crippen molar-refractivity contribution in [1.29, 1.82) is 0 Å². The molecule has 1 aromatic heterocycles. The summed E-state index contributed by atoms with van der Waals surface area (Å²) in [5, 5.41) is 15.5. The number of rotatable bonds is 4. The highest BCUT2D eigenvalue weighted by molar-refractivity contribution is 6.35. The van der Waals surface area contributed by atoms with E-state index in [-0.39, 0.29) is 5.95 Å². The van der Waals surface area contributed by atoms with Gasteiger partial charge in [0.1, 0.15) is 0 Å². The second-order valence-corrected chi connectivity index (χ2v) is 5.77. The number of aromatic nitrogens is 3. The highest BCUT2D eigenvalue weighted by atomic mass is 35.5. The van der Waals surface area contributed by atoms with Crippen molar-refractivity contribution in [3.05, 3.63) is 63.7 Å². The van der Waals surface area contributed by atoms with Crippen molar-refractivity contribution in [3.63, 3.8) is 0 Å². The fourth-order valence-corrected chi connectivity index (χ4v) is 2.35. The largest absolute Gasteiger partial charge is 0.338 e. The molecule has 0 atom stereocenters. The van der Waals surface area contributed by atoms with E-state index in [0.717, 1.165) is 5.69 Å². The first-order chi connectivity index (χ1) is 11.1. The Morgan fingerprint density at radius 2 is 1.61 bits per heavy atom. The van der Waals surface area contributed by atoms with Gasteiger partial charge in [-0.25, -0.2) is 0 Å². The molecule has 23 heavy (non-hydrogen) atoms. The minimum absolute atomic E-state index is 0.284. The van der Waals surface area contributed by atoms with Crippen LogP contribution in [0.5, 0.6) is 0 Å². The molecule has 0 spiro atoms. The van der Waals surface area contributed by atoms with Crippen molar-refractivity contribution >= 4 is 57.9 Å². The van der Waals surface area contributed by atoms with Crippen LogP contribution in [0.15, 0.2) is 48.7 Å². The topological polar surface area (TPSA) is 62.7 Å². The van der Waals surface area contributed by atoms with E-state index in [4.69, 9.17) is 34.8 Å². The molecule has 0 aliphatic heterocycles. The highest BCUT2D eigenvalue weighted by Crippen LogP contribution is 2.28. The Hall–Kier alpha value is -2.08. The lowest BCUT2D eigenvalue weighted by atomic mass is 10.3. The van der Waals surface area contributed by atoms with Crippen molar-refractivity contribution in [3.8, 4) is 0 Å². The molecule has 5 nitrogen and oxygen atoms in total. The lowest BCUT2D eigenvalue weighted by molar-refractivity contribution is 0.982. The van der Waals surface area contributed by atoms with Crippen molar-refractivity contribution in [2.24, 2.45) is 0 Å². The lowest BCUT2D eigenvalue weighted by Crippen LogP contribution is -2.03. The lowest BCUT2D eigenvalue weighted by Gasteiger charge is -2.09. The van der Waals surface area contributed by atoms with Crippen LogP contribution in [0.2, 0.25) is 15.1 Å². The molecule has 0 amide bonds. The third-order valence-corrected chi connectivity index (χ3v) is 3.76. The number of nitrogens with one attached hydrogen (secondary N) is 2. The van der Waals surface area contributed by atoms with E-state index >= 15 is 0 Å². The molecule has 0 unspecified atom stereocenters. The van der Waals surface area contributed by atoms with Gasteiger partial charge in [0.2, 0.25) is 5.95 Å². The Morgan fingerprint density at radius 1 is 0.826 bits per heavy atom. The zero-order chi connectivity index (χ0) is 16.2. The smallest absolute Gasteiger partial charge is 0.249 e. The maximum Gasteiger partial charge on any atom is 0.249 e. The van der Waals surface area contributed by atoms with Crippen molar-refractivity contribution in [1.82, 2.24) is 15.2 Å². The van der Waals surface area contributed by atoms with E-state index < -0.39 is 0 Å². The van der Waals surface area contributed by atoms with Crippen LogP contribution in [0.4, 0.5) is 23.1 Å². The van der Waals surface area contributed by atoms with Gasteiger partial charge < -0.3 is 10.6 Å². The van der Waals surface area contributed by atoms with E-state index in [2.05, 4.69) is 25.8 Å². The molecule has 3 rings (SSSR count). The molecule has 8 heteroatoms. The fourth-order valence-electron chi connectivity index (χ4n) is 1.83. The molecule has 0 radical (unpaired) electrons. The zero-order valence-corrected chi connectivity index (χ0v) is 13.9. The minimum Gasteiger partial charge on any atom is -0.338 e. The summed E-state index contributed by atoms with van der Waals surface area (Å²) < 4.78 is 0. The zero-order valence-electron chi connectivity index (χ0n) is 11.6. The average Bonchev–Trinajstić information content (AvgIpc) is 2.54. The monoisotopic (exact) mass is 365 g/mol. The SMILES string of the molecule is Clc1ccc(Cl)c(Nc2nncc(Nc3ccccc3Cl)n2)c1. The molecule has 3 aromatic rings. The fraction of sp³-hybridized carbons (Fsp3) is 0. The van der Waals surface area contributed by atoms with Gasteiger partial charge in [0.25, 0.3) is 0 Å². The quantitative estimate of drug-likeness (QED) is 0.654. The van der Waals surface area contributed by atoms with Crippen LogP contribution in [0.1, 0.15) is 0 Å². The number of para-hydroxylation sites is 1. The van der Waals surface area contributed by atoms with Gasteiger partial charge in [-0.15, -0.1) is 5.10 Å². The highest BCUT2D eigenvalue weighted by Gasteiger charge is 2.07. The van der Waals surface area contributed by atoms with Crippen LogP contribution < -0.4 is 10.6 Å². The standard InChI is InChI=1S/C15H10Cl3N5/c16-9-5-6-11(18)13(7-9)21-15-22-14(8-19-23-15)20-12-4-2-1-3-10(12)17/h1-8H,(H2,20,21,22,23). The summed E-state index contributed by atoms with van der Waals surface area (Å²) in [5.41, 5.74) is 1.32. The van der Waals surface area contributed by atoms with Gasteiger partial charge >= 0.3 is 0 Å². The average molecular weight is 367 g/mol. The third kappa shape index (κ3) is 4.01. The summed E-state index contributed by atoms with van der Waals surface area (Å²) in [4.78, 5) is 4.32. The summed E-state index contributed by atoms with van der Waals surface area (Å²) in [5.74, 6) is 0.778. The molecular weight excluding hydrogens is 357 g/mol. The minimum atomic E-state index is 0.284. The molecular formula is C15H10Cl3N5. The van der Waals surface area contributed by atoms with Gasteiger partial charge in [-0.2, -0.15) is 10.1 Å². The van der Waals surface area contributed by atoms with Crippen molar-refractivity contribution < 1.29 is 0 Å². The van der Waals surface area contributed by atoms with Crippen LogP contribution in [0.25, 0.3) is 0 Å². The Morgan fingerprint density at radius 3 is 2.43 bits per heavy atom. The van der Waals surface area contributed by atoms with E-state index in [1.54, 1.807) is 24.3 Å². The molecule has 0 bridgehead atoms. The second-order valence-electron chi connectivity index (χ2n) is 4.52. The van der Waals surface area contributed by atoms with Gasteiger partial charge in [-0.3, -0.25) is 0 Å². The summed E-state index contributed by atoms with van der Waals surface area (Å²) in [7, 11) is 0. The number of benzene rings is 2. The van der Waals surface area contributed by atoms with Crippen LogP contribution in [0.3, 0.4) is 0 Å². The third-order valence-electron chi connectivity index (χ3n) is 2.87. The van der Waals surface area contributed by atoms with Gasteiger partial charge in [0.15, 0.2) is 5.82 Å². The van der Waals surface area contributed by atoms with Crippen LogP contribution in [-0.2, 0) is 0 Å². The molecule has 0 aliphatic rings. The van der Waals surface area contributed by atoms with Crippen LogP contribution in [-0.4, -0.2) is 15.2 Å². The Balaban J connectivity index is 1.83. The molecule has 2 N–H and O–H groups in total. The van der Waals surface area contributed by atoms with Gasteiger partial charge in [-0.1, -0.05) is 46.9 Å². The first-order valence-corrected chi connectivity index (χ1v) is 7.68.